The van der Waals surface area contributed by atoms with Gasteiger partial charge in [-0.1, -0.05) is 31.9 Å². The molecule has 0 aliphatic carbocycles. The lowest BCUT2D eigenvalue weighted by Gasteiger charge is -2.49. The zero-order valence-electron chi connectivity index (χ0n) is 40.9. The number of cyclic esters (lactones) is 1. The van der Waals surface area contributed by atoms with Crippen molar-refractivity contribution in [2.24, 2.45) is 17.8 Å². The lowest BCUT2D eigenvalue weighted by Crippen LogP contribution is -2.61. The van der Waals surface area contributed by atoms with Crippen LogP contribution < -0.4 is 0 Å². The monoisotopic (exact) mass is 903 g/mol. The Morgan fingerprint density at radius 3 is 2.33 bits per heavy atom. The fraction of sp³-hybridized carbons (Fsp3) is 0.913. The average molecular weight is 903 g/mol. The minimum atomic E-state index is -1.56. The number of ether oxygens (including phenoxy) is 9. The maximum atomic E-state index is 14.7. The van der Waals surface area contributed by atoms with Crippen molar-refractivity contribution in [2.75, 3.05) is 54.6 Å². The van der Waals surface area contributed by atoms with E-state index in [9.17, 15) is 14.7 Å². The summed E-state index contributed by atoms with van der Waals surface area (Å²) in [7, 11) is 7.45. The van der Waals surface area contributed by atoms with Gasteiger partial charge in [0.25, 0.3) is 0 Å². The number of carbonyl (C=O) groups is 2. The Morgan fingerprint density at radius 1 is 1.02 bits per heavy atom. The van der Waals surface area contributed by atoms with Crippen molar-refractivity contribution in [3.8, 4) is 0 Å². The zero-order valence-corrected chi connectivity index (χ0v) is 40.9. The molecule has 0 unspecified atom stereocenters. The number of fused-ring (bicyclic) bond motifs is 1. The summed E-state index contributed by atoms with van der Waals surface area (Å²) in [6, 6.07) is -0.509. The van der Waals surface area contributed by atoms with Crippen LogP contribution in [0.3, 0.4) is 0 Å². The van der Waals surface area contributed by atoms with Gasteiger partial charge in [0, 0.05) is 52.2 Å². The van der Waals surface area contributed by atoms with E-state index < -0.39 is 95.9 Å². The summed E-state index contributed by atoms with van der Waals surface area (Å²) >= 11 is 0. The fourth-order valence-corrected chi connectivity index (χ4v) is 10.3. The summed E-state index contributed by atoms with van der Waals surface area (Å²) in [6.45, 7) is 26.0. The van der Waals surface area contributed by atoms with Gasteiger partial charge in [-0.05, 0) is 101 Å². The Morgan fingerprint density at radius 2 is 1.71 bits per heavy atom. The molecule has 0 aromatic rings. The Balaban J connectivity index is 1.80. The maximum absolute atomic E-state index is 14.7. The standard InChI is InChI=1S/C46H82N2O15/c1-17-20-53-21-19-22-54-41-32(8)56-36(25-45(41,11)52-16)59-37-29(5)39(60-43-38(57-33(9)49)34(47(13)14)23-28(4)55-43)44(10,51)24-27(3)26-48(15)31(7)40-46(12,62-63-61-40)35(18-2)58-42(50)30(37)6/h17,27-32,34-41,43,51H,1,18-26H2,2-16H3/t27-,28-,29+,30-,31-,32+,34+,35-,36+,37+,38-,39-,40-,41+,43+,44-,45-,46-/m1/s1. The molecule has 4 heterocycles. The van der Waals surface area contributed by atoms with Crippen molar-refractivity contribution in [3.63, 3.8) is 0 Å². The molecule has 4 aliphatic heterocycles. The molecule has 63 heavy (non-hydrogen) atoms. The first kappa shape index (κ1) is 53.8. The quantitative estimate of drug-likeness (QED) is 0.101. The lowest BCUT2D eigenvalue weighted by atomic mass is 9.77. The van der Waals surface area contributed by atoms with Crippen LogP contribution in [0.2, 0.25) is 0 Å². The molecule has 366 valence electrons. The molecule has 18 atom stereocenters. The van der Waals surface area contributed by atoms with E-state index in [1.165, 1.54) is 6.92 Å². The molecule has 0 saturated carbocycles. The minimum Gasteiger partial charge on any atom is -0.459 e. The molecule has 0 bridgehead atoms. The summed E-state index contributed by atoms with van der Waals surface area (Å²) in [5, 5.41) is 18.1. The number of esters is 2. The molecular weight excluding hydrogens is 821 g/mol. The number of aliphatic hydroxyl groups is 1. The van der Waals surface area contributed by atoms with E-state index in [2.05, 4.69) is 18.4 Å². The first-order valence-corrected chi connectivity index (χ1v) is 23.0. The van der Waals surface area contributed by atoms with Gasteiger partial charge in [0.1, 0.15) is 18.3 Å². The van der Waals surface area contributed by atoms with E-state index in [0.29, 0.717) is 45.6 Å². The molecule has 17 heteroatoms. The summed E-state index contributed by atoms with van der Waals surface area (Å²) in [5.74, 6) is -2.83. The molecule has 4 saturated heterocycles. The van der Waals surface area contributed by atoms with Crippen molar-refractivity contribution >= 4 is 11.9 Å². The van der Waals surface area contributed by atoms with Crippen molar-refractivity contribution in [3.05, 3.63) is 12.7 Å². The second-order valence-electron chi connectivity index (χ2n) is 19.5. The third-order valence-electron chi connectivity index (χ3n) is 13.7. The van der Waals surface area contributed by atoms with Crippen LogP contribution in [0.4, 0.5) is 0 Å². The topological polar surface area (TPSA) is 172 Å². The number of carbonyl (C=O) groups excluding carboxylic acids is 2. The highest BCUT2D eigenvalue weighted by atomic mass is 17.5. The fourth-order valence-electron chi connectivity index (χ4n) is 10.3. The van der Waals surface area contributed by atoms with Crippen molar-refractivity contribution in [1.82, 2.24) is 9.80 Å². The highest BCUT2D eigenvalue weighted by molar-refractivity contribution is 5.73. The number of nitrogens with zero attached hydrogens (tertiary/aromatic N) is 2. The average Bonchev–Trinajstić information content (AvgIpc) is 3.60. The second-order valence-corrected chi connectivity index (χ2v) is 19.5. The second kappa shape index (κ2) is 23.3. The Bertz CT molecular complexity index is 1460. The van der Waals surface area contributed by atoms with E-state index in [4.69, 9.17) is 57.4 Å². The largest absolute Gasteiger partial charge is 0.459 e. The van der Waals surface area contributed by atoms with Crippen LogP contribution in [0, 0.1) is 17.8 Å². The molecule has 4 aliphatic rings. The Kier molecular flexibility index (Phi) is 19.8. The SMILES string of the molecule is C=CCOCCCO[C@H]1[C@H](C)O[C@@H](O[C@H]2[C@H](C)[C@@H](O[C@@H]3O[C@H](C)C[C@H](N(C)C)[C@H]3OC(C)=O)[C@](C)(O)C[C@@H](C)CN(C)[C@H](C)[C@H]3OOO[C@]3(C)[C@@H](CC)OC(=O)[C@@H]2C)C[C@@]1(C)OC. The molecule has 0 spiro atoms. The van der Waals surface area contributed by atoms with E-state index in [1.807, 2.05) is 74.5 Å². The Hall–Kier alpha value is -1.84. The van der Waals surface area contributed by atoms with Gasteiger partial charge in [-0.3, -0.25) is 9.59 Å². The molecular formula is C46H82N2O15. The molecule has 0 amide bonds. The van der Waals surface area contributed by atoms with Gasteiger partial charge < -0.3 is 57.5 Å². The first-order valence-electron chi connectivity index (χ1n) is 23.0. The maximum Gasteiger partial charge on any atom is 0.311 e. The van der Waals surface area contributed by atoms with Crippen molar-refractivity contribution in [1.29, 1.82) is 0 Å². The van der Waals surface area contributed by atoms with Crippen molar-refractivity contribution < 1.29 is 72.1 Å². The van der Waals surface area contributed by atoms with Gasteiger partial charge in [0.2, 0.25) is 0 Å². The summed E-state index contributed by atoms with van der Waals surface area (Å²) in [6.07, 6.45) is -3.56. The molecule has 4 rings (SSSR count). The highest BCUT2D eigenvalue weighted by Gasteiger charge is 2.57. The van der Waals surface area contributed by atoms with Crippen LogP contribution >= 0.6 is 0 Å². The normalized spacial score (nSPS) is 43.7. The van der Waals surface area contributed by atoms with Crippen LogP contribution in [0.1, 0.15) is 108 Å². The molecule has 1 N–H and O–H groups in total. The molecule has 0 radical (unpaired) electrons. The summed E-state index contributed by atoms with van der Waals surface area (Å²) in [5.41, 5.74) is -3.57. The van der Waals surface area contributed by atoms with Gasteiger partial charge in [-0.15, -0.1) is 6.58 Å². The van der Waals surface area contributed by atoms with Crippen LogP contribution in [0.5, 0.6) is 0 Å². The van der Waals surface area contributed by atoms with E-state index in [-0.39, 0.29) is 36.9 Å². The third-order valence-corrected chi connectivity index (χ3v) is 13.7. The molecule has 17 nitrogen and oxygen atoms in total. The van der Waals surface area contributed by atoms with E-state index in [1.54, 1.807) is 27.0 Å². The van der Waals surface area contributed by atoms with E-state index >= 15 is 0 Å². The lowest BCUT2D eigenvalue weighted by molar-refractivity contribution is -0.477. The number of methoxy groups -OCH3 is 1. The highest BCUT2D eigenvalue weighted by Crippen LogP contribution is 2.42. The third kappa shape index (κ3) is 13.2. The van der Waals surface area contributed by atoms with Gasteiger partial charge in [-0.25, -0.2) is 0 Å². The summed E-state index contributed by atoms with van der Waals surface area (Å²) in [4.78, 5) is 43.0. The minimum absolute atomic E-state index is 0.0950. The van der Waals surface area contributed by atoms with Crippen LogP contribution in [-0.4, -0.2) is 172 Å². The number of hydrogen-bond donors (Lipinski definition) is 1. The predicted molar refractivity (Wildman–Crippen MR) is 232 cm³/mol. The van der Waals surface area contributed by atoms with Gasteiger partial charge in [-0.2, -0.15) is 9.78 Å². The van der Waals surface area contributed by atoms with Crippen molar-refractivity contribution in [2.45, 2.75) is 199 Å². The molecule has 0 aromatic heterocycles. The number of likely N-dealkylation sites (N-methyl/N-ethyl adjacent to an activating group) is 2. The number of rotatable bonds is 15. The van der Waals surface area contributed by atoms with Crippen LogP contribution in [-0.2, 0) is 67.0 Å². The first-order chi connectivity index (χ1) is 29.5. The predicted octanol–water partition coefficient (Wildman–Crippen LogP) is 5.00. The zero-order chi connectivity index (χ0) is 47.0. The Labute approximate surface area is 376 Å². The van der Waals surface area contributed by atoms with E-state index in [0.717, 1.165) is 0 Å². The van der Waals surface area contributed by atoms with Crippen LogP contribution in [0.25, 0.3) is 0 Å². The smallest absolute Gasteiger partial charge is 0.311 e. The molecule has 0 aromatic carbocycles. The van der Waals surface area contributed by atoms with Gasteiger partial charge in [0.05, 0.1) is 54.2 Å². The van der Waals surface area contributed by atoms with Gasteiger partial charge in [0.15, 0.2) is 24.3 Å². The summed E-state index contributed by atoms with van der Waals surface area (Å²) < 4.78 is 57.5. The number of hydrogen-bond acceptors (Lipinski definition) is 17. The van der Waals surface area contributed by atoms with Crippen LogP contribution in [0.15, 0.2) is 12.7 Å². The molecule has 4 fully saturated rings. The van der Waals surface area contributed by atoms with Gasteiger partial charge >= 0.3 is 11.9 Å².